The van der Waals surface area contributed by atoms with Crippen molar-refractivity contribution < 1.29 is 14.3 Å². The van der Waals surface area contributed by atoms with Crippen LogP contribution in [0.4, 0.5) is 34.4 Å². The van der Waals surface area contributed by atoms with E-state index in [2.05, 4.69) is 9.88 Å². The number of anilines is 6. The van der Waals surface area contributed by atoms with Gasteiger partial charge in [0.05, 0.1) is 28.4 Å². The Bertz CT molecular complexity index is 1860. The molecule has 0 atom stereocenters. The molecule has 0 spiro atoms. The molecule has 2 aromatic heterocycles. The van der Waals surface area contributed by atoms with Crippen LogP contribution in [0.2, 0.25) is 0 Å². The lowest BCUT2D eigenvalue weighted by Gasteiger charge is -2.31. The van der Waals surface area contributed by atoms with Crippen molar-refractivity contribution in [1.29, 1.82) is 0 Å². The van der Waals surface area contributed by atoms with Crippen LogP contribution in [0, 0.1) is 0 Å². The first-order valence-corrected chi connectivity index (χ1v) is 13.3. The van der Waals surface area contributed by atoms with Gasteiger partial charge in [-0.3, -0.25) is 14.6 Å². The van der Waals surface area contributed by atoms with Gasteiger partial charge in [-0.15, -0.1) is 0 Å². The number of rotatable bonds is 4. The third-order valence-corrected chi connectivity index (χ3v) is 7.26. The fourth-order valence-electron chi connectivity index (χ4n) is 5.37. The number of nitrogens with one attached hydrogen (secondary N) is 1. The van der Waals surface area contributed by atoms with Gasteiger partial charge in [0.25, 0.3) is 0 Å². The minimum atomic E-state index is -0.145. The monoisotopic (exact) mass is 534 g/mol. The van der Waals surface area contributed by atoms with Gasteiger partial charge < -0.3 is 14.5 Å². The number of aromatic amines is 1. The van der Waals surface area contributed by atoms with Gasteiger partial charge in [-0.25, -0.2) is 4.98 Å². The highest BCUT2D eigenvalue weighted by Gasteiger charge is 2.28. The van der Waals surface area contributed by atoms with Crippen LogP contribution in [0.5, 0.6) is 23.0 Å². The summed E-state index contributed by atoms with van der Waals surface area (Å²) in [7, 11) is 0. The molecule has 7 nitrogen and oxygen atoms in total. The normalized spacial score (nSPS) is 12.8. The second-order valence-electron chi connectivity index (χ2n) is 9.74. The zero-order valence-corrected chi connectivity index (χ0v) is 21.7. The van der Waals surface area contributed by atoms with E-state index in [4.69, 9.17) is 14.5 Å². The molecular weight excluding hydrogens is 512 g/mol. The summed E-state index contributed by atoms with van der Waals surface area (Å²) in [5.41, 5.74) is 4.52. The number of aromatic nitrogens is 2. The molecule has 2 aliphatic rings. The summed E-state index contributed by atoms with van der Waals surface area (Å²) in [4.78, 5) is 25.7. The van der Waals surface area contributed by atoms with E-state index >= 15 is 0 Å². The molecule has 1 N–H and O–H groups in total. The Kier molecular flexibility index (Phi) is 5.15. The smallest absolute Gasteiger partial charge is 0.210 e. The number of pyridine rings is 1. The van der Waals surface area contributed by atoms with Gasteiger partial charge in [0.15, 0.2) is 23.0 Å². The van der Waals surface area contributed by atoms with E-state index in [0.29, 0.717) is 17.1 Å². The molecule has 7 heteroatoms. The minimum Gasteiger partial charge on any atom is -0.453 e. The molecule has 4 aromatic carbocycles. The molecule has 196 valence electrons. The maximum Gasteiger partial charge on any atom is 0.210 e. The number of ketones is 1. The third kappa shape index (κ3) is 3.75. The predicted octanol–water partition coefficient (Wildman–Crippen LogP) is 8.79. The molecule has 8 rings (SSSR count). The summed E-state index contributed by atoms with van der Waals surface area (Å²) >= 11 is 0. The van der Waals surface area contributed by atoms with Crippen LogP contribution in [0.25, 0.3) is 0 Å². The number of fused-ring (bicyclic) bond motifs is 4. The minimum absolute atomic E-state index is 0.145. The average molecular weight is 535 g/mol. The number of ether oxygens (including phenoxy) is 2. The van der Waals surface area contributed by atoms with Gasteiger partial charge >= 0.3 is 0 Å². The third-order valence-electron chi connectivity index (χ3n) is 7.26. The Morgan fingerprint density at radius 1 is 0.561 bits per heavy atom. The van der Waals surface area contributed by atoms with E-state index in [1.54, 1.807) is 12.3 Å². The summed E-state index contributed by atoms with van der Waals surface area (Å²) in [5.74, 6) is 4.31. The van der Waals surface area contributed by atoms with Crippen molar-refractivity contribution in [3.63, 3.8) is 0 Å². The van der Waals surface area contributed by atoms with Gasteiger partial charge in [-0.2, -0.15) is 0 Å². The molecule has 6 aromatic rings. The Morgan fingerprint density at radius 2 is 1.05 bits per heavy atom. The highest BCUT2D eigenvalue weighted by molar-refractivity contribution is 6.08. The largest absolute Gasteiger partial charge is 0.453 e. The van der Waals surface area contributed by atoms with Crippen LogP contribution >= 0.6 is 0 Å². The molecule has 0 aliphatic carbocycles. The van der Waals surface area contributed by atoms with Crippen LogP contribution in [0.15, 0.2) is 128 Å². The Labute approximate surface area is 235 Å². The molecule has 0 fully saturated rings. The van der Waals surface area contributed by atoms with Crippen molar-refractivity contribution in [3.8, 4) is 23.0 Å². The highest BCUT2D eigenvalue weighted by atomic mass is 16.5. The van der Waals surface area contributed by atoms with Gasteiger partial charge in [0.1, 0.15) is 11.6 Å². The van der Waals surface area contributed by atoms with E-state index in [1.807, 2.05) is 120 Å². The Balaban J connectivity index is 1.12. The second-order valence-corrected chi connectivity index (χ2v) is 9.74. The molecular formula is C34H22N4O3. The fraction of sp³-hybridized carbons (Fsp3) is 0. The van der Waals surface area contributed by atoms with Crippen LogP contribution in [-0.4, -0.2) is 15.8 Å². The van der Waals surface area contributed by atoms with Crippen LogP contribution < -0.4 is 19.3 Å². The quantitative estimate of drug-likeness (QED) is 0.228. The number of hydrogen-bond donors (Lipinski definition) is 1. The summed E-state index contributed by atoms with van der Waals surface area (Å²) in [6.07, 6.45) is 1.62. The molecule has 0 saturated carbocycles. The zero-order valence-electron chi connectivity index (χ0n) is 21.7. The lowest BCUT2D eigenvalue weighted by Crippen LogP contribution is -2.17. The molecule has 41 heavy (non-hydrogen) atoms. The van der Waals surface area contributed by atoms with E-state index < -0.39 is 0 Å². The number of H-pyrrole nitrogens is 1. The van der Waals surface area contributed by atoms with Crippen molar-refractivity contribution in [2.75, 3.05) is 9.80 Å². The van der Waals surface area contributed by atoms with Crippen molar-refractivity contribution in [2.45, 2.75) is 0 Å². The molecule has 0 unspecified atom stereocenters. The first-order valence-electron chi connectivity index (χ1n) is 13.3. The summed E-state index contributed by atoms with van der Waals surface area (Å²) < 4.78 is 12.2. The first kappa shape index (κ1) is 23.1. The molecule has 0 bridgehead atoms. The van der Waals surface area contributed by atoms with E-state index in [-0.39, 0.29) is 5.78 Å². The maximum absolute atomic E-state index is 13.6. The van der Waals surface area contributed by atoms with Gasteiger partial charge in [-0.1, -0.05) is 48.5 Å². The van der Waals surface area contributed by atoms with Crippen LogP contribution in [0.3, 0.4) is 0 Å². The van der Waals surface area contributed by atoms with E-state index in [0.717, 1.165) is 51.6 Å². The maximum atomic E-state index is 13.6. The zero-order chi connectivity index (χ0) is 27.3. The van der Waals surface area contributed by atoms with E-state index in [9.17, 15) is 4.79 Å². The molecule has 0 amide bonds. The summed E-state index contributed by atoms with van der Waals surface area (Å²) in [5, 5.41) is 0. The summed E-state index contributed by atoms with van der Waals surface area (Å²) in [6.45, 7) is 0. The molecule has 0 saturated heterocycles. The van der Waals surface area contributed by atoms with Gasteiger partial charge in [0, 0.05) is 11.8 Å². The van der Waals surface area contributed by atoms with Gasteiger partial charge in [-0.05, 0) is 72.8 Å². The second kappa shape index (κ2) is 9.14. The topological polar surface area (TPSA) is 70.7 Å². The van der Waals surface area contributed by atoms with Crippen LogP contribution in [0.1, 0.15) is 16.1 Å². The van der Waals surface area contributed by atoms with Crippen molar-refractivity contribution in [2.24, 2.45) is 0 Å². The first-order chi connectivity index (χ1) is 20.2. The van der Waals surface area contributed by atoms with Gasteiger partial charge in [0.2, 0.25) is 5.78 Å². The standard InChI is InChI=1S/C34H22N4O3/c39-34(23-18-20-33(36-23)38-26-11-3-7-15-30(26)41-31-16-8-4-12-27(31)38)22-17-19-32(35-21-22)37-24-9-1-5-13-28(24)40-29-14-6-2-10-25(29)37/h1-21,36H. The Morgan fingerprint density at radius 3 is 1.54 bits per heavy atom. The van der Waals surface area contributed by atoms with Crippen molar-refractivity contribution in [1.82, 2.24) is 9.97 Å². The number of benzene rings is 4. The number of para-hydroxylation sites is 8. The van der Waals surface area contributed by atoms with Crippen molar-refractivity contribution in [3.05, 3.63) is 139 Å². The molecule has 4 heterocycles. The number of nitrogens with zero attached hydrogens (tertiary/aromatic N) is 3. The Hall–Kier alpha value is -5.82. The summed E-state index contributed by atoms with van der Waals surface area (Å²) in [6, 6.07) is 38.8. The molecule has 0 radical (unpaired) electrons. The fourth-order valence-corrected chi connectivity index (χ4v) is 5.37. The number of hydrogen-bond acceptors (Lipinski definition) is 6. The lowest BCUT2D eigenvalue weighted by atomic mass is 10.1. The van der Waals surface area contributed by atoms with E-state index in [1.165, 1.54) is 0 Å². The highest BCUT2D eigenvalue weighted by Crippen LogP contribution is 2.51. The predicted molar refractivity (Wildman–Crippen MR) is 158 cm³/mol. The number of carbonyl (C=O) groups is 1. The number of carbonyl (C=O) groups excluding carboxylic acids is 1. The van der Waals surface area contributed by atoms with Crippen LogP contribution in [-0.2, 0) is 0 Å². The average Bonchev–Trinajstić information content (AvgIpc) is 3.52. The SMILES string of the molecule is O=C(c1ccc(N2c3ccccc3Oc3ccccc32)nc1)c1ccc(N2c3ccccc3Oc3ccccc32)[nH]1. The van der Waals surface area contributed by atoms with Crippen molar-refractivity contribution >= 4 is 40.2 Å². The lowest BCUT2D eigenvalue weighted by molar-refractivity contribution is 0.103. The molecule has 2 aliphatic heterocycles.